The molecule has 1 atom stereocenters. The normalized spacial score (nSPS) is 12.7. The zero-order valence-electron chi connectivity index (χ0n) is 7.63. The number of amides is 1. The van der Waals surface area contributed by atoms with Gasteiger partial charge in [-0.05, 0) is 20.3 Å². The quantitative estimate of drug-likeness (QED) is 0.651. The van der Waals surface area contributed by atoms with E-state index in [2.05, 4.69) is 6.92 Å². The van der Waals surface area contributed by atoms with Gasteiger partial charge in [-0.3, -0.25) is 4.79 Å². The first-order valence-corrected chi connectivity index (χ1v) is 4.17. The summed E-state index contributed by atoms with van der Waals surface area (Å²) in [5.74, 6) is 0.0503. The lowest BCUT2D eigenvalue weighted by Crippen LogP contribution is -2.42. The molecule has 11 heavy (non-hydrogen) atoms. The van der Waals surface area contributed by atoms with Crippen LogP contribution in [0.15, 0.2) is 0 Å². The Labute approximate surface area is 68.6 Å². The highest BCUT2D eigenvalue weighted by Gasteiger charge is 2.13. The number of hydrogen-bond acceptors (Lipinski definition) is 2. The van der Waals surface area contributed by atoms with Gasteiger partial charge in [-0.15, -0.1) is 0 Å². The average Bonchev–Trinajstić information content (AvgIpc) is 1.98. The number of hydrogen-bond donors (Lipinski definition) is 1. The number of nitrogens with zero attached hydrogens (tertiary/aromatic N) is 1. The van der Waals surface area contributed by atoms with E-state index in [1.807, 2.05) is 6.92 Å². The maximum absolute atomic E-state index is 11.3. The van der Waals surface area contributed by atoms with E-state index in [0.717, 1.165) is 19.5 Å². The Bertz CT molecular complexity index is 123. The van der Waals surface area contributed by atoms with Crippen molar-refractivity contribution < 1.29 is 4.79 Å². The van der Waals surface area contributed by atoms with Gasteiger partial charge in [0, 0.05) is 13.1 Å². The second-order valence-electron chi connectivity index (χ2n) is 2.71. The average molecular weight is 158 g/mol. The molecule has 0 aromatic carbocycles. The molecule has 1 amide bonds. The van der Waals surface area contributed by atoms with Crippen molar-refractivity contribution in [1.29, 1.82) is 0 Å². The third kappa shape index (κ3) is 3.37. The van der Waals surface area contributed by atoms with Crippen LogP contribution in [0.25, 0.3) is 0 Å². The fourth-order valence-electron chi connectivity index (χ4n) is 0.982. The van der Waals surface area contributed by atoms with Gasteiger partial charge in [-0.25, -0.2) is 0 Å². The lowest BCUT2D eigenvalue weighted by molar-refractivity contribution is -0.132. The predicted octanol–water partition coefficient (Wildman–Crippen LogP) is 0.592. The third-order valence-electron chi connectivity index (χ3n) is 1.58. The Balaban J connectivity index is 3.92. The molecule has 3 nitrogen and oxygen atoms in total. The Kier molecular flexibility index (Phi) is 4.86. The minimum atomic E-state index is -0.360. The maximum atomic E-state index is 11.3. The van der Waals surface area contributed by atoms with Gasteiger partial charge in [0.05, 0.1) is 6.04 Å². The highest BCUT2D eigenvalue weighted by atomic mass is 16.2. The number of nitrogens with two attached hydrogens (primary N) is 1. The summed E-state index contributed by atoms with van der Waals surface area (Å²) in [5.41, 5.74) is 5.45. The fourth-order valence-corrected chi connectivity index (χ4v) is 0.982. The highest BCUT2D eigenvalue weighted by molar-refractivity contribution is 5.81. The molecule has 0 aromatic heterocycles. The largest absolute Gasteiger partial charge is 0.342 e. The Morgan fingerprint density at radius 1 is 1.55 bits per heavy atom. The Hall–Kier alpha value is -0.570. The van der Waals surface area contributed by atoms with Crippen molar-refractivity contribution in [3.05, 3.63) is 0 Å². The second-order valence-corrected chi connectivity index (χ2v) is 2.71. The molecular formula is C8H18N2O. The third-order valence-corrected chi connectivity index (χ3v) is 1.58. The van der Waals surface area contributed by atoms with Gasteiger partial charge in [0.25, 0.3) is 0 Å². The number of rotatable bonds is 4. The molecule has 0 heterocycles. The van der Waals surface area contributed by atoms with E-state index in [1.165, 1.54) is 0 Å². The van der Waals surface area contributed by atoms with Crippen LogP contribution in [0.5, 0.6) is 0 Å². The standard InChI is InChI=1S/C8H18N2O/c1-4-6-10(5-2)8(11)7(3)9/h7H,4-6,9H2,1-3H3/t7-/m0/s1. The molecule has 0 rings (SSSR count). The summed E-state index contributed by atoms with van der Waals surface area (Å²) in [7, 11) is 0. The summed E-state index contributed by atoms with van der Waals surface area (Å²) >= 11 is 0. The van der Waals surface area contributed by atoms with Crippen LogP contribution in [0.4, 0.5) is 0 Å². The Morgan fingerprint density at radius 2 is 2.09 bits per heavy atom. The number of carbonyl (C=O) groups is 1. The van der Waals surface area contributed by atoms with Gasteiger partial charge >= 0.3 is 0 Å². The topological polar surface area (TPSA) is 46.3 Å². The molecule has 0 spiro atoms. The molecule has 0 aromatic rings. The summed E-state index contributed by atoms with van der Waals surface area (Å²) in [6.07, 6.45) is 0.992. The molecule has 0 saturated heterocycles. The zero-order valence-corrected chi connectivity index (χ0v) is 7.63. The van der Waals surface area contributed by atoms with Crippen LogP contribution >= 0.6 is 0 Å². The first kappa shape index (κ1) is 10.4. The molecule has 0 unspecified atom stereocenters. The summed E-state index contributed by atoms with van der Waals surface area (Å²) in [6, 6.07) is -0.360. The SMILES string of the molecule is CCCN(CC)C(=O)[C@H](C)N. The van der Waals surface area contributed by atoms with Crippen LogP contribution < -0.4 is 5.73 Å². The van der Waals surface area contributed by atoms with Gasteiger partial charge in [0.2, 0.25) is 5.91 Å². The molecule has 66 valence electrons. The van der Waals surface area contributed by atoms with E-state index in [0.29, 0.717) is 0 Å². The lowest BCUT2D eigenvalue weighted by Gasteiger charge is -2.21. The van der Waals surface area contributed by atoms with Crippen molar-refractivity contribution in [3.63, 3.8) is 0 Å². The van der Waals surface area contributed by atoms with Crippen LogP contribution in [-0.2, 0) is 4.79 Å². The minimum absolute atomic E-state index is 0.0503. The number of likely N-dealkylation sites (N-methyl/N-ethyl adjacent to an activating group) is 1. The lowest BCUT2D eigenvalue weighted by atomic mass is 10.3. The van der Waals surface area contributed by atoms with Gasteiger partial charge in [-0.2, -0.15) is 0 Å². The fraction of sp³-hybridized carbons (Fsp3) is 0.875. The highest BCUT2D eigenvalue weighted by Crippen LogP contribution is 1.94. The van der Waals surface area contributed by atoms with Crippen LogP contribution in [0.3, 0.4) is 0 Å². The van der Waals surface area contributed by atoms with Crippen LogP contribution in [0.1, 0.15) is 27.2 Å². The summed E-state index contributed by atoms with van der Waals surface area (Å²) in [6.45, 7) is 7.32. The molecule has 0 bridgehead atoms. The van der Waals surface area contributed by atoms with Crippen molar-refractivity contribution in [1.82, 2.24) is 4.90 Å². The van der Waals surface area contributed by atoms with Crippen LogP contribution in [-0.4, -0.2) is 29.9 Å². The molecule has 0 radical (unpaired) electrons. The molecule has 0 aliphatic heterocycles. The van der Waals surface area contributed by atoms with Crippen molar-refractivity contribution in [2.45, 2.75) is 33.2 Å². The van der Waals surface area contributed by atoms with E-state index in [9.17, 15) is 4.79 Å². The van der Waals surface area contributed by atoms with E-state index >= 15 is 0 Å². The number of carbonyl (C=O) groups excluding carboxylic acids is 1. The zero-order chi connectivity index (χ0) is 8.85. The first-order valence-electron chi connectivity index (χ1n) is 4.17. The second kappa shape index (κ2) is 5.13. The molecule has 0 aliphatic rings. The minimum Gasteiger partial charge on any atom is -0.342 e. The van der Waals surface area contributed by atoms with Crippen LogP contribution in [0.2, 0.25) is 0 Å². The van der Waals surface area contributed by atoms with E-state index in [1.54, 1.807) is 11.8 Å². The monoisotopic (exact) mass is 158 g/mol. The Morgan fingerprint density at radius 3 is 2.36 bits per heavy atom. The van der Waals surface area contributed by atoms with Gasteiger partial charge < -0.3 is 10.6 Å². The summed E-state index contributed by atoms with van der Waals surface area (Å²) in [4.78, 5) is 13.0. The van der Waals surface area contributed by atoms with E-state index in [4.69, 9.17) is 5.73 Å². The van der Waals surface area contributed by atoms with Crippen molar-refractivity contribution in [2.24, 2.45) is 5.73 Å². The molecular weight excluding hydrogens is 140 g/mol. The van der Waals surface area contributed by atoms with E-state index in [-0.39, 0.29) is 11.9 Å². The molecule has 2 N–H and O–H groups in total. The van der Waals surface area contributed by atoms with Gasteiger partial charge in [0.15, 0.2) is 0 Å². The molecule has 3 heteroatoms. The molecule has 0 aliphatic carbocycles. The van der Waals surface area contributed by atoms with Crippen molar-refractivity contribution in [2.75, 3.05) is 13.1 Å². The smallest absolute Gasteiger partial charge is 0.239 e. The summed E-state index contributed by atoms with van der Waals surface area (Å²) < 4.78 is 0. The predicted molar refractivity (Wildman–Crippen MR) is 46.2 cm³/mol. The van der Waals surface area contributed by atoms with Gasteiger partial charge in [-0.1, -0.05) is 6.92 Å². The molecule has 0 saturated carbocycles. The maximum Gasteiger partial charge on any atom is 0.239 e. The van der Waals surface area contributed by atoms with Gasteiger partial charge in [0.1, 0.15) is 0 Å². The van der Waals surface area contributed by atoms with E-state index < -0.39 is 0 Å². The first-order chi connectivity index (χ1) is 5.13. The van der Waals surface area contributed by atoms with Crippen LogP contribution in [0, 0.1) is 0 Å². The van der Waals surface area contributed by atoms with Crippen molar-refractivity contribution in [3.8, 4) is 0 Å². The summed E-state index contributed by atoms with van der Waals surface area (Å²) in [5, 5.41) is 0. The van der Waals surface area contributed by atoms with Crippen molar-refractivity contribution >= 4 is 5.91 Å². The molecule has 0 fully saturated rings.